The van der Waals surface area contributed by atoms with E-state index in [0.29, 0.717) is 5.92 Å². The highest BCUT2D eigenvalue weighted by Gasteiger charge is 2.61. The highest BCUT2D eigenvalue weighted by molar-refractivity contribution is 5.15. The molecule has 0 aromatic heterocycles. The van der Waals surface area contributed by atoms with E-state index in [0.717, 1.165) is 19.3 Å². The molecule has 8 N–H and O–H groups in total. The number of aliphatic hydroxyl groups excluding tert-OH is 7. The van der Waals surface area contributed by atoms with Gasteiger partial charge >= 0.3 is 0 Å². The molecule has 14 atom stereocenters. The van der Waals surface area contributed by atoms with Crippen LogP contribution in [0.1, 0.15) is 52.4 Å². The summed E-state index contributed by atoms with van der Waals surface area (Å²) in [6.07, 6.45) is -7.26. The van der Waals surface area contributed by atoms with E-state index in [4.69, 9.17) is 14.2 Å². The van der Waals surface area contributed by atoms with E-state index >= 15 is 0 Å². The van der Waals surface area contributed by atoms with Crippen molar-refractivity contribution in [2.75, 3.05) is 13.2 Å². The fourth-order valence-corrected chi connectivity index (χ4v) is 8.62. The number of aliphatic hydroxyl groups is 7. The lowest BCUT2D eigenvalue weighted by Gasteiger charge is -2.66. The highest BCUT2D eigenvalue weighted by atomic mass is 16.7. The van der Waals surface area contributed by atoms with Crippen molar-refractivity contribution < 1.29 is 50.0 Å². The first kappa shape index (κ1) is 26.2. The van der Waals surface area contributed by atoms with Gasteiger partial charge in [-0.3, -0.25) is 5.32 Å². The Morgan fingerprint density at radius 1 is 0.743 bits per heavy atom. The molecule has 11 heteroatoms. The second-order valence-electron chi connectivity index (χ2n) is 12.6. The smallest absolute Gasteiger partial charge is 0.187 e. The van der Waals surface area contributed by atoms with Gasteiger partial charge in [-0.05, 0) is 55.3 Å². The maximum atomic E-state index is 11.0. The van der Waals surface area contributed by atoms with Crippen molar-refractivity contribution in [2.24, 2.45) is 16.7 Å². The predicted molar refractivity (Wildman–Crippen MR) is 120 cm³/mol. The molecule has 6 aliphatic rings. The summed E-state index contributed by atoms with van der Waals surface area (Å²) in [5.74, 6) is 0.607. The van der Waals surface area contributed by atoms with Crippen LogP contribution in [0.4, 0.5) is 0 Å². The summed E-state index contributed by atoms with van der Waals surface area (Å²) in [7, 11) is 0. The molecule has 0 aromatic rings. The maximum Gasteiger partial charge on any atom is 0.187 e. The minimum Gasteiger partial charge on any atom is -0.394 e. The van der Waals surface area contributed by atoms with Crippen LogP contribution in [0, 0.1) is 16.7 Å². The quantitative estimate of drug-likeness (QED) is 0.200. The zero-order valence-corrected chi connectivity index (χ0v) is 20.4. The molecule has 0 amide bonds. The molecule has 35 heavy (non-hydrogen) atoms. The Morgan fingerprint density at radius 3 is 1.94 bits per heavy atom. The largest absolute Gasteiger partial charge is 0.394 e. The van der Waals surface area contributed by atoms with Crippen molar-refractivity contribution in [1.29, 1.82) is 0 Å². The fourth-order valence-electron chi connectivity index (χ4n) is 8.62. The van der Waals surface area contributed by atoms with Gasteiger partial charge in [0.25, 0.3) is 0 Å². The Balaban J connectivity index is 1.30. The van der Waals surface area contributed by atoms with Crippen molar-refractivity contribution in [2.45, 2.75) is 119 Å². The third-order valence-corrected chi connectivity index (χ3v) is 9.08. The van der Waals surface area contributed by atoms with Crippen LogP contribution in [-0.4, -0.2) is 116 Å². The van der Waals surface area contributed by atoms with E-state index in [9.17, 15) is 35.7 Å². The zero-order chi connectivity index (χ0) is 25.3. The molecule has 4 bridgehead atoms. The van der Waals surface area contributed by atoms with Crippen LogP contribution in [0.2, 0.25) is 0 Å². The SMILES string of the molecule is C[C@]12CC3CC(N[C@@H]4O[C@H](CO)[C@@H](O[C@@H]5O[C@H](CO)[C@H](O)[C@H](O)[C@@H]5O)[C@H](O)[C@@H]4O)(C1)C[C@@](C)(C3)C2. The van der Waals surface area contributed by atoms with Gasteiger partial charge in [-0.15, -0.1) is 0 Å². The maximum absolute atomic E-state index is 11.0. The summed E-state index contributed by atoms with van der Waals surface area (Å²) < 4.78 is 17.1. The van der Waals surface area contributed by atoms with Crippen LogP contribution >= 0.6 is 0 Å². The lowest BCUT2D eigenvalue weighted by molar-refractivity contribution is -0.344. The lowest BCUT2D eigenvalue weighted by Crippen LogP contribution is -2.71. The average Bonchev–Trinajstić information content (AvgIpc) is 2.76. The molecule has 4 saturated carbocycles. The molecule has 2 heterocycles. The van der Waals surface area contributed by atoms with Crippen molar-refractivity contribution in [3.05, 3.63) is 0 Å². The molecule has 0 spiro atoms. The van der Waals surface area contributed by atoms with Crippen LogP contribution in [0.15, 0.2) is 0 Å². The van der Waals surface area contributed by atoms with Crippen LogP contribution in [-0.2, 0) is 14.2 Å². The summed E-state index contributed by atoms with van der Waals surface area (Å²) in [5, 5.41) is 75.3. The van der Waals surface area contributed by atoms with Crippen LogP contribution in [0.25, 0.3) is 0 Å². The molecule has 2 unspecified atom stereocenters. The molecule has 11 nitrogen and oxygen atoms in total. The van der Waals surface area contributed by atoms with Crippen molar-refractivity contribution in [1.82, 2.24) is 5.32 Å². The molecular weight excluding hydrogens is 462 g/mol. The number of rotatable bonds is 6. The van der Waals surface area contributed by atoms with E-state index in [1.165, 1.54) is 19.3 Å². The normalized spacial score (nSPS) is 58.0. The summed E-state index contributed by atoms with van der Waals surface area (Å²) in [4.78, 5) is 0. The summed E-state index contributed by atoms with van der Waals surface area (Å²) in [6.45, 7) is 3.50. The number of hydrogen-bond donors (Lipinski definition) is 8. The molecule has 0 aromatic carbocycles. The number of nitrogens with one attached hydrogen (secondary N) is 1. The van der Waals surface area contributed by atoms with E-state index < -0.39 is 74.6 Å². The lowest BCUT2D eigenvalue weighted by atomic mass is 9.42. The van der Waals surface area contributed by atoms with Gasteiger partial charge in [0.1, 0.15) is 55.1 Å². The van der Waals surface area contributed by atoms with Gasteiger partial charge in [0, 0.05) is 5.54 Å². The Hall–Kier alpha value is -0.440. The van der Waals surface area contributed by atoms with E-state index in [-0.39, 0.29) is 16.4 Å². The molecular formula is C24H41NO10. The number of ether oxygens (including phenoxy) is 3. The van der Waals surface area contributed by atoms with Gasteiger partial charge in [0.05, 0.1) is 13.2 Å². The first-order valence-corrected chi connectivity index (χ1v) is 12.8. The van der Waals surface area contributed by atoms with Crippen molar-refractivity contribution in [3.63, 3.8) is 0 Å². The van der Waals surface area contributed by atoms with Crippen LogP contribution in [0.5, 0.6) is 0 Å². The van der Waals surface area contributed by atoms with Crippen molar-refractivity contribution >= 4 is 0 Å². The van der Waals surface area contributed by atoms with Gasteiger partial charge < -0.3 is 50.0 Å². The van der Waals surface area contributed by atoms with Crippen molar-refractivity contribution in [3.8, 4) is 0 Å². The van der Waals surface area contributed by atoms with Gasteiger partial charge in [-0.1, -0.05) is 13.8 Å². The predicted octanol–water partition coefficient (Wildman–Crippen LogP) is -2.05. The monoisotopic (exact) mass is 503 g/mol. The van der Waals surface area contributed by atoms with E-state index in [1.807, 2.05) is 0 Å². The summed E-state index contributed by atoms with van der Waals surface area (Å²) >= 11 is 0. The first-order valence-electron chi connectivity index (χ1n) is 12.8. The second kappa shape index (κ2) is 9.09. The average molecular weight is 504 g/mol. The topological polar surface area (TPSA) is 181 Å². The Morgan fingerprint density at radius 2 is 1.37 bits per heavy atom. The molecule has 6 fully saturated rings. The first-order chi connectivity index (χ1) is 16.4. The molecule has 0 radical (unpaired) electrons. The van der Waals surface area contributed by atoms with Crippen LogP contribution < -0.4 is 5.32 Å². The fraction of sp³-hybridized carbons (Fsp3) is 1.00. The summed E-state index contributed by atoms with van der Waals surface area (Å²) in [5.41, 5.74) is 0.230. The minimum atomic E-state index is -1.68. The Labute approximate surface area is 205 Å². The van der Waals surface area contributed by atoms with Gasteiger partial charge in [0.2, 0.25) is 0 Å². The summed E-state index contributed by atoms with van der Waals surface area (Å²) in [6, 6.07) is 0. The van der Waals surface area contributed by atoms with E-state index in [2.05, 4.69) is 19.2 Å². The molecule has 2 aliphatic heterocycles. The third kappa shape index (κ3) is 4.57. The highest BCUT2D eigenvalue weighted by Crippen LogP contribution is 2.66. The minimum absolute atomic E-state index is 0.223. The van der Waals surface area contributed by atoms with Crippen LogP contribution in [0.3, 0.4) is 0 Å². The molecule has 2 saturated heterocycles. The van der Waals surface area contributed by atoms with Gasteiger partial charge in [-0.2, -0.15) is 0 Å². The molecule has 4 aliphatic carbocycles. The molecule has 6 rings (SSSR count). The Kier molecular flexibility index (Phi) is 6.80. The third-order valence-electron chi connectivity index (χ3n) is 9.08. The number of hydrogen-bond acceptors (Lipinski definition) is 11. The standard InChI is InChI=1S/C24H41NO10/c1-22-3-11-4-23(2,8-22)10-24(5-11,9-22)25-20-17(31)16(30)19(13(7-27)33-20)35-21-18(32)15(29)14(28)12(6-26)34-21/h11-21,25-32H,3-10H2,1-2H3/t11?,12-,13-,14+,15+,16-,17+,18+,19-,20-,21+,22-,23+,24?/m1/s1. The second-order valence-corrected chi connectivity index (χ2v) is 12.6. The zero-order valence-electron chi connectivity index (χ0n) is 20.4. The molecule has 202 valence electrons. The van der Waals surface area contributed by atoms with E-state index in [1.54, 1.807) is 0 Å². The Bertz CT molecular complexity index is 763. The van der Waals surface area contributed by atoms with Gasteiger partial charge in [0.15, 0.2) is 6.29 Å². The van der Waals surface area contributed by atoms with Gasteiger partial charge in [-0.25, -0.2) is 0 Å².